The molecule has 0 saturated heterocycles. The summed E-state index contributed by atoms with van der Waals surface area (Å²) in [6.45, 7) is 2.26. The molecular formula is C17H21N3O2. The molecule has 0 spiro atoms. The van der Waals surface area contributed by atoms with Gasteiger partial charge in [-0.05, 0) is 25.0 Å². The number of hydrogen-bond acceptors (Lipinski definition) is 3. The molecule has 1 aromatic carbocycles. The number of rotatable bonds is 4. The molecule has 1 aliphatic carbocycles. The van der Waals surface area contributed by atoms with E-state index in [4.69, 9.17) is 0 Å². The molecule has 1 N–H and O–H groups in total. The molecule has 0 aliphatic heterocycles. The van der Waals surface area contributed by atoms with Gasteiger partial charge >= 0.3 is 0 Å². The normalized spacial score (nSPS) is 15.3. The summed E-state index contributed by atoms with van der Waals surface area (Å²) in [6, 6.07) is 7.56. The van der Waals surface area contributed by atoms with Gasteiger partial charge in [-0.15, -0.1) is 0 Å². The van der Waals surface area contributed by atoms with Crippen LogP contribution in [-0.4, -0.2) is 26.8 Å². The second-order valence-corrected chi connectivity index (χ2v) is 5.84. The van der Waals surface area contributed by atoms with E-state index in [1.165, 1.54) is 12.8 Å². The second kappa shape index (κ2) is 6.30. The van der Waals surface area contributed by atoms with Crippen molar-refractivity contribution in [2.24, 2.45) is 0 Å². The molecule has 0 unspecified atom stereocenters. The number of carbonyl (C=O) groups is 1. The Balaban J connectivity index is 1.92. The lowest BCUT2D eigenvalue weighted by Crippen LogP contribution is -2.38. The number of aromatic amines is 1. The van der Waals surface area contributed by atoms with Gasteiger partial charge in [-0.3, -0.25) is 9.59 Å². The first-order chi connectivity index (χ1) is 10.7. The van der Waals surface area contributed by atoms with Gasteiger partial charge in [0, 0.05) is 12.5 Å². The third kappa shape index (κ3) is 2.89. The molecule has 0 radical (unpaired) electrons. The van der Waals surface area contributed by atoms with Gasteiger partial charge in [0.15, 0.2) is 0 Å². The molecule has 0 atom stereocenters. The van der Waals surface area contributed by atoms with Crippen LogP contribution in [0.2, 0.25) is 0 Å². The van der Waals surface area contributed by atoms with Crippen LogP contribution in [-0.2, 0) is 11.3 Å². The van der Waals surface area contributed by atoms with Crippen LogP contribution >= 0.6 is 0 Å². The van der Waals surface area contributed by atoms with Crippen molar-refractivity contribution in [1.29, 1.82) is 0 Å². The van der Waals surface area contributed by atoms with Gasteiger partial charge in [0.05, 0.1) is 17.4 Å². The second-order valence-electron chi connectivity index (χ2n) is 5.84. The minimum absolute atomic E-state index is 0.128. The number of fused-ring (bicyclic) bond motifs is 1. The molecule has 2 aromatic rings. The van der Waals surface area contributed by atoms with E-state index in [2.05, 4.69) is 9.97 Å². The standard InChI is InChI=1S/C17H21N3O2/c1-2-16(21)20(12-7-3-4-8-12)11-15-18-14-10-6-5-9-13(14)17(22)19-15/h5-6,9-10,12H,2-4,7-8,11H2,1H3,(H,18,19,22). The molecule has 1 fully saturated rings. The Kier molecular flexibility index (Phi) is 4.22. The van der Waals surface area contributed by atoms with Crippen molar-refractivity contribution in [1.82, 2.24) is 14.9 Å². The highest BCUT2D eigenvalue weighted by Crippen LogP contribution is 2.25. The van der Waals surface area contributed by atoms with Gasteiger partial charge < -0.3 is 9.88 Å². The van der Waals surface area contributed by atoms with Crippen LogP contribution in [0.3, 0.4) is 0 Å². The summed E-state index contributed by atoms with van der Waals surface area (Å²) >= 11 is 0. The summed E-state index contributed by atoms with van der Waals surface area (Å²) in [5.41, 5.74) is 0.535. The number of benzene rings is 1. The molecule has 5 nitrogen and oxygen atoms in total. The van der Waals surface area contributed by atoms with E-state index >= 15 is 0 Å². The van der Waals surface area contributed by atoms with Crippen molar-refractivity contribution in [2.45, 2.75) is 51.6 Å². The van der Waals surface area contributed by atoms with Gasteiger partial charge in [-0.1, -0.05) is 31.9 Å². The molecule has 5 heteroatoms. The number of H-pyrrole nitrogens is 1. The third-order valence-corrected chi connectivity index (χ3v) is 4.37. The molecule has 1 aromatic heterocycles. The Morgan fingerprint density at radius 2 is 2.05 bits per heavy atom. The van der Waals surface area contributed by atoms with Gasteiger partial charge in [0.25, 0.3) is 5.56 Å². The molecule has 1 amide bonds. The number of hydrogen-bond donors (Lipinski definition) is 1. The maximum absolute atomic E-state index is 12.3. The number of amides is 1. The molecule has 116 valence electrons. The van der Waals surface area contributed by atoms with Crippen molar-refractivity contribution in [3.05, 3.63) is 40.4 Å². The lowest BCUT2D eigenvalue weighted by molar-refractivity contribution is -0.133. The zero-order valence-corrected chi connectivity index (χ0v) is 12.8. The molecule has 22 heavy (non-hydrogen) atoms. The summed E-state index contributed by atoms with van der Waals surface area (Å²) in [6.07, 6.45) is 4.90. The largest absolute Gasteiger partial charge is 0.332 e. The first-order valence-corrected chi connectivity index (χ1v) is 7.96. The topological polar surface area (TPSA) is 66.1 Å². The molecule has 1 saturated carbocycles. The maximum atomic E-state index is 12.3. The Morgan fingerprint density at radius 3 is 2.77 bits per heavy atom. The van der Waals surface area contributed by atoms with Crippen LogP contribution in [0.25, 0.3) is 10.9 Å². The summed E-state index contributed by atoms with van der Waals surface area (Å²) in [4.78, 5) is 33.6. The Labute approximate surface area is 129 Å². The quantitative estimate of drug-likeness (QED) is 0.943. The van der Waals surface area contributed by atoms with Crippen LogP contribution in [0.1, 0.15) is 44.9 Å². The van der Waals surface area contributed by atoms with Crippen LogP contribution in [0.5, 0.6) is 0 Å². The van der Waals surface area contributed by atoms with Gasteiger partial charge in [-0.25, -0.2) is 4.98 Å². The minimum Gasteiger partial charge on any atom is -0.332 e. The molecule has 1 aliphatic rings. The van der Waals surface area contributed by atoms with Gasteiger partial charge in [0.1, 0.15) is 5.82 Å². The van der Waals surface area contributed by atoms with Crippen molar-refractivity contribution in [3.63, 3.8) is 0 Å². The fourth-order valence-electron chi connectivity index (χ4n) is 3.21. The van der Waals surface area contributed by atoms with E-state index in [0.717, 1.165) is 12.8 Å². The SMILES string of the molecule is CCC(=O)N(Cc1nc2ccccc2c(=O)[nH]1)C1CCCC1. The van der Waals surface area contributed by atoms with Crippen molar-refractivity contribution >= 4 is 16.8 Å². The van der Waals surface area contributed by atoms with E-state index < -0.39 is 0 Å². The highest BCUT2D eigenvalue weighted by Gasteiger charge is 2.26. The summed E-state index contributed by atoms with van der Waals surface area (Å²) in [5, 5.41) is 0.584. The molecule has 1 heterocycles. The minimum atomic E-state index is -0.143. The van der Waals surface area contributed by atoms with E-state index in [1.54, 1.807) is 6.07 Å². The Morgan fingerprint density at radius 1 is 1.32 bits per heavy atom. The lowest BCUT2D eigenvalue weighted by atomic mass is 10.2. The van der Waals surface area contributed by atoms with E-state index in [0.29, 0.717) is 29.7 Å². The predicted octanol–water partition coefficient (Wildman–Crippen LogP) is 2.60. The number of nitrogens with one attached hydrogen (secondary N) is 1. The molecule has 0 bridgehead atoms. The zero-order chi connectivity index (χ0) is 15.5. The maximum Gasteiger partial charge on any atom is 0.258 e. The number of para-hydroxylation sites is 1. The average molecular weight is 299 g/mol. The third-order valence-electron chi connectivity index (χ3n) is 4.37. The van der Waals surface area contributed by atoms with Crippen molar-refractivity contribution < 1.29 is 4.79 Å². The summed E-state index contributed by atoms with van der Waals surface area (Å²) in [7, 11) is 0. The summed E-state index contributed by atoms with van der Waals surface area (Å²) in [5.74, 6) is 0.695. The highest BCUT2D eigenvalue weighted by atomic mass is 16.2. The zero-order valence-electron chi connectivity index (χ0n) is 12.8. The number of aromatic nitrogens is 2. The van der Waals surface area contributed by atoms with E-state index in [-0.39, 0.29) is 17.5 Å². The lowest BCUT2D eigenvalue weighted by Gasteiger charge is -2.28. The van der Waals surface area contributed by atoms with E-state index in [1.807, 2.05) is 30.0 Å². The van der Waals surface area contributed by atoms with Crippen LogP contribution in [0.4, 0.5) is 0 Å². The average Bonchev–Trinajstić information content (AvgIpc) is 3.06. The van der Waals surface area contributed by atoms with Crippen LogP contribution < -0.4 is 5.56 Å². The highest BCUT2D eigenvalue weighted by molar-refractivity contribution is 5.78. The van der Waals surface area contributed by atoms with Crippen LogP contribution in [0.15, 0.2) is 29.1 Å². The van der Waals surface area contributed by atoms with Crippen molar-refractivity contribution in [2.75, 3.05) is 0 Å². The fraction of sp³-hybridized carbons (Fsp3) is 0.471. The molecule has 3 rings (SSSR count). The fourth-order valence-corrected chi connectivity index (χ4v) is 3.21. The van der Waals surface area contributed by atoms with E-state index in [9.17, 15) is 9.59 Å². The molecular weight excluding hydrogens is 278 g/mol. The first-order valence-electron chi connectivity index (χ1n) is 7.96. The number of carbonyl (C=O) groups excluding carboxylic acids is 1. The Bertz CT molecular complexity index is 732. The summed E-state index contributed by atoms with van der Waals surface area (Å²) < 4.78 is 0. The smallest absolute Gasteiger partial charge is 0.258 e. The Hall–Kier alpha value is -2.17. The first kappa shape index (κ1) is 14.8. The number of nitrogens with zero attached hydrogens (tertiary/aromatic N) is 2. The van der Waals surface area contributed by atoms with Crippen molar-refractivity contribution in [3.8, 4) is 0 Å². The van der Waals surface area contributed by atoms with Gasteiger partial charge in [-0.2, -0.15) is 0 Å². The van der Waals surface area contributed by atoms with Gasteiger partial charge in [0.2, 0.25) is 5.91 Å². The predicted molar refractivity (Wildman–Crippen MR) is 85.5 cm³/mol. The van der Waals surface area contributed by atoms with Crippen LogP contribution in [0, 0.1) is 0 Å². The monoisotopic (exact) mass is 299 g/mol.